The maximum atomic E-state index is 11.6. The molecular weight excluding hydrogens is 196 g/mol. The lowest BCUT2D eigenvalue weighted by Gasteiger charge is -2.05. The second-order valence-electron chi connectivity index (χ2n) is 3.47. The first-order chi connectivity index (χ1) is 7.00. The monoisotopic (exact) mass is 206 g/mol. The van der Waals surface area contributed by atoms with Crippen LogP contribution >= 0.6 is 0 Å². The second-order valence-corrected chi connectivity index (χ2v) is 3.47. The number of rotatable bonds is 0. The summed E-state index contributed by atoms with van der Waals surface area (Å²) < 4.78 is 5.31. The quantitative estimate of drug-likeness (QED) is 0.689. The van der Waals surface area contributed by atoms with Crippen LogP contribution in [0.4, 0.5) is 0 Å². The van der Waals surface area contributed by atoms with Crippen molar-refractivity contribution in [2.24, 2.45) is 0 Å². The third-order valence-electron chi connectivity index (χ3n) is 2.33. The van der Waals surface area contributed by atoms with Gasteiger partial charge < -0.3 is 14.6 Å². The van der Waals surface area contributed by atoms with Crippen molar-refractivity contribution in [2.45, 2.75) is 13.8 Å². The summed E-state index contributed by atoms with van der Waals surface area (Å²) in [6, 6.07) is 2.45. The van der Waals surface area contributed by atoms with Crippen molar-refractivity contribution in [1.29, 1.82) is 0 Å². The van der Waals surface area contributed by atoms with E-state index in [1.807, 2.05) is 0 Å². The van der Waals surface area contributed by atoms with Crippen LogP contribution in [0.15, 0.2) is 21.3 Å². The molecule has 0 amide bonds. The largest absolute Gasteiger partial charge is 0.507 e. The fraction of sp³-hybridized carbons (Fsp3) is 0.182. The summed E-state index contributed by atoms with van der Waals surface area (Å²) in [7, 11) is 0. The van der Waals surface area contributed by atoms with E-state index >= 15 is 0 Å². The summed E-state index contributed by atoms with van der Waals surface area (Å²) in [4.78, 5) is 11.6. The van der Waals surface area contributed by atoms with E-state index in [0.717, 1.165) is 6.07 Å². The van der Waals surface area contributed by atoms with Gasteiger partial charge in [0.1, 0.15) is 28.2 Å². The maximum absolute atomic E-state index is 11.6. The number of phenols is 2. The number of aromatic hydroxyl groups is 2. The molecule has 4 nitrogen and oxygen atoms in total. The van der Waals surface area contributed by atoms with Crippen molar-refractivity contribution in [3.63, 3.8) is 0 Å². The van der Waals surface area contributed by atoms with Crippen LogP contribution in [0.25, 0.3) is 11.0 Å². The van der Waals surface area contributed by atoms with Gasteiger partial charge in [-0.3, -0.25) is 4.79 Å². The number of benzene rings is 1. The summed E-state index contributed by atoms with van der Waals surface area (Å²) in [6.07, 6.45) is 0. The summed E-state index contributed by atoms with van der Waals surface area (Å²) in [6.45, 7) is 3.26. The molecule has 2 aromatic rings. The zero-order valence-corrected chi connectivity index (χ0v) is 8.37. The Balaban J connectivity index is 3.10. The molecule has 2 rings (SSSR count). The molecule has 1 aromatic heterocycles. The van der Waals surface area contributed by atoms with Crippen molar-refractivity contribution in [3.05, 3.63) is 33.7 Å². The summed E-state index contributed by atoms with van der Waals surface area (Å²) >= 11 is 0. The average molecular weight is 206 g/mol. The summed E-state index contributed by atoms with van der Waals surface area (Å²) in [5.41, 5.74) is 0.371. The van der Waals surface area contributed by atoms with Gasteiger partial charge in [-0.2, -0.15) is 0 Å². The van der Waals surface area contributed by atoms with Crippen molar-refractivity contribution in [2.75, 3.05) is 0 Å². The highest BCUT2D eigenvalue weighted by Gasteiger charge is 2.13. The van der Waals surface area contributed by atoms with E-state index in [2.05, 4.69) is 0 Å². The van der Waals surface area contributed by atoms with E-state index in [4.69, 9.17) is 4.42 Å². The van der Waals surface area contributed by atoms with Gasteiger partial charge in [0.05, 0.1) is 0 Å². The van der Waals surface area contributed by atoms with Gasteiger partial charge >= 0.3 is 0 Å². The van der Waals surface area contributed by atoms with Gasteiger partial charge in [-0.1, -0.05) is 0 Å². The fourth-order valence-electron chi connectivity index (χ4n) is 1.54. The van der Waals surface area contributed by atoms with E-state index in [9.17, 15) is 15.0 Å². The Morgan fingerprint density at radius 3 is 2.47 bits per heavy atom. The zero-order chi connectivity index (χ0) is 11.2. The van der Waals surface area contributed by atoms with E-state index in [0.29, 0.717) is 11.3 Å². The average Bonchev–Trinajstić information content (AvgIpc) is 2.12. The number of phenolic OH excluding ortho intramolecular Hbond substituents is 2. The molecule has 78 valence electrons. The van der Waals surface area contributed by atoms with Gasteiger partial charge in [0, 0.05) is 17.7 Å². The smallest absolute Gasteiger partial charge is 0.196 e. The highest BCUT2D eigenvalue weighted by molar-refractivity contribution is 5.87. The lowest BCUT2D eigenvalue weighted by molar-refractivity contribution is 0.448. The predicted octanol–water partition coefficient (Wildman–Crippen LogP) is 1.82. The summed E-state index contributed by atoms with van der Waals surface area (Å²) in [5, 5.41) is 19.1. The number of hydrogen-bond donors (Lipinski definition) is 2. The number of aryl methyl sites for hydroxylation is 2. The predicted molar refractivity (Wildman–Crippen MR) is 55.3 cm³/mol. The molecule has 0 aliphatic carbocycles. The first kappa shape index (κ1) is 9.58. The lowest BCUT2D eigenvalue weighted by Crippen LogP contribution is -2.01. The molecule has 0 fully saturated rings. The molecule has 0 bridgehead atoms. The molecule has 0 radical (unpaired) electrons. The van der Waals surface area contributed by atoms with Crippen LogP contribution in [0.1, 0.15) is 11.3 Å². The van der Waals surface area contributed by atoms with Crippen molar-refractivity contribution < 1.29 is 14.6 Å². The van der Waals surface area contributed by atoms with Crippen LogP contribution in [-0.4, -0.2) is 10.2 Å². The molecule has 0 saturated carbocycles. The summed E-state index contributed by atoms with van der Waals surface area (Å²) in [5.74, 6) is 0.0937. The Morgan fingerprint density at radius 1 is 1.13 bits per heavy atom. The van der Waals surface area contributed by atoms with Crippen LogP contribution < -0.4 is 5.43 Å². The van der Waals surface area contributed by atoms with Crippen LogP contribution in [-0.2, 0) is 0 Å². The van der Waals surface area contributed by atoms with Gasteiger partial charge in [0.25, 0.3) is 0 Å². The SMILES string of the molecule is Cc1cc(=O)c2c(O)cc(O)c(C)c2o1. The van der Waals surface area contributed by atoms with Gasteiger partial charge in [-0.25, -0.2) is 0 Å². The molecule has 0 saturated heterocycles. The van der Waals surface area contributed by atoms with Gasteiger partial charge in [-0.05, 0) is 13.8 Å². The topological polar surface area (TPSA) is 70.7 Å². The van der Waals surface area contributed by atoms with E-state index in [-0.39, 0.29) is 27.9 Å². The third kappa shape index (κ3) is 1.34. The van der Waals surface area contributed by atoms with Crippen molar-refractivity contribution >= 4 is 11.0 Å². The maximum Gasteiger partial charge on any atom is 0.196 e. The van der Waals surface area contributed by atoms with E-state index in [1.54, 1.807) is 13.8 Å². The molecular formula is C11H10O4. The fourth-order valence-corrected chi connectivity index (χ4v) is 1.54. The van der Waals surface area contributed by atoms with Crippen LogP contribution in [0.2, 0.25) is 0 Å². The second kappa shape index (κ2) is 3.02. The van der Waals surface area contributed by atoms with Crippen LogP contribution in [0.5, 0.6) is 11.5 Å². The Morgan fingerprint density at radius 2 is 1.80 bits per heavy atom. The molecule has 0 unspecified atom stereocenters. The minimum absolute atomic E-state index is 0.0891. The normalized spacial score (nSPS) is 10.8. The van der Waals surface area contributed by atoms with Crippen LogP contribution in [0.3, 0.4) is 0 Å². The van der Waals surface area contributed by atoms with Crippen LogP contribution in [0, 0.1) is 13.8 Å². The van der Waals surface area contributed by atoms with E-state index < -0.39 is 0 Å². The van der Waals surface area contributed by atoms with Gasteiger partial charge in [0.15, 0.2) is 5.43 Å². The zero-order valence-electron chi connectivity index (χ0n) is 8.37. The Bertz CT molecular complexity index is 596. The van der Waals surface area contributed by atoms with Gasteiger partial charge in [0.2, 0.25) is 0 Å². The molecule has 0 aliphatic rings. The molecule has 4 heteroatoms. The third-order valence-corrected chi connectivity index (χ3v) is 2.33. The van der Waals surface area contributed by atoms with Gasteiger partial charge in [-0.15, -0.1) is 0 Å². The molecule has 0 aliphatic heterocycles. The minimum atomic E-state index is -0.311. The molecule has 0 atom stereocenters. The number of hydrogen-bond acceptors (Lipinski definition) is 4. The molecule has 1 heterocycles. The Labute approximate surface area is 85.4 Å². The van der Waals surface area contributed by atoms with Crippen molar-refractivity contribution in [1.82, 2.24) is 0 Å². The Kier molecular flexibility index (Phi) is 1.93. The first-order valence-electron chi connectivity index (χ1n) is 4.46. The van der Waals surface area contributed by atoms with Crippen molar-refractivity contribution in [3.8, 4) is 11.5 Å². The highest BCUT2D eigenvalue weighted by atomic mass is 16.3. The minimum Gasteiger partial charge on any atom is -0.507 e. The molecule has 15 heavy (non-hydrogen) atoms. The highest BCUT2D eigenvalue weighted by Crippen LogP contribution is 2.32. The molecule has 0 spiro atoms. The Hall–Kier alpha value is -1.97. The van der Waals surface area contributed by atoms with E-state index in [1.165, 1.54) is 6.07 Å². The number of fused-ring (bicyclic) bond motifs is 1. The lowest BCUT2D eigenvalue weighted by atomic mass is 10.1. The standard InChI is InChI=1S/C11H10O4/c1-5-3-8(13)10-9(14)4-7(12)6(2)11(10)15-5/h3-4,12,14H,1-2H3. The first-order valence-corrected chi connectivity index (χ1v) is 4.46. The molecule has 1 aromatic carbocycles. The molecule has 2 N–H and O–H groups in total.